The van der Waals surface area contributed by atoms with Gasteiger partial charge in [-0.15, -0.1) is 0 Å². The van der Waals surface area contributed by atoms with Crippen molar-refractivity contribution in [2.75, 3.05) is 29.9 Å². The first-order valence-electron chi connectivity index (χ1n) is 13.1. The zero-order valence-electron chi connectivity index (χ0n) is 21.8. The molecule has 198 valence electrons. The molecule has 4 heterocycles. The number of benzene rings is 1. The molecule has 0 unspecified atom stereocenters. The summed E-state index contributed by atoms with van der Waals surface area (Å²) in [6.07, 6.45) is 7.34. The lowest BCUT2D eigenvalue weighted by molar-refractivity contribution is 0.337. The van der Waals surface area contributed by atoms with E-state index in [4.69, 9.17) is 4.18 Å². The van der Waals surface area contributed by atoms with Gasteiger partial charge in [-0.1, -0.05) is 17.7 Å². The molecule has 3 aromatic heterocycles. The summed E-state index contributed by atoms with van der Waals surface area (Å²) in [5, 5.41) is 3.39. The van der Waals surface area contributed by atoms with Crippen molar-refractivity contribution in [1.29, 1.82) is 0 Å². The quantitative estimate of drug-likeness (QED) is 0.277. The maximum atomic E-state index is 12.6. The third-order valence-corrected chi connectivity index (χ3v) is 8.48. The number of fused-ring (bicyclic) bond motifs is 1. The minimum absolute atomic E-state index is 0.134. The van der Waals surface area contributed by atoms with Crippen molar-refractivity contribution in [3.63, 3.8) is 0 Å². The van der Waals surface area contributed by atoms with Crippen molar-refractivity contribution in [2.45, 2.75) is 44.4 Å². The van der Waals surface area contributed by atoms with Gasteiger partial charge in [-0.25, -0.2) is 9.97 Å². The molecule has 8 nitrogen and oxygen atoms in total. The molecule has 5 rings (SSSR count). The third kappa shape index (κ3) is 6.11. The fourth-order valence-corrected chi connectivity index (χ4v) is 6.17. The van der Waals surface area contributed by atoms with Gasteiger partial charge in [-0.3, -0.25) is 9.17 Å². The standard InChI is InChI=1S/C29H33N5O3S/c1-3-37-38(35,36)27-10-6-21(2)19-23(27)8-7-22-13-17-34(18-14-22)29-20-24(12-16-31-29)32-28-11-9-25-26(33-28)5-4-15-30-25/h4-6,9-12,15-16,19-20,22H,3,7-8,13-14,17-18H2,1-2H3,(H,31,32,33). The van der Waals surface area contributed by atoms with E-state index < -0.39 is 10.1 Å². The SMILES string of the molecule is CCOS(=O)(=O)c1ccc(C)cc1CCC1CCN(c2cc(Nc3ccc4ncccc4n3)ccn2)CC1. The fourth-order valence-electron chi connectivity index (χ4n) is 5.02. The van der Waals surface area contributed by atoms with Crippen molar-refractivity contribution in [3.8, 4) is 0 Å². The van der Waals surface area contributed by atoms with Crippen LogP contribution in [-0.2, 0) is 20.7 Å². The molecule has 1 fully saturated rings. The molecule has 0 saturated carbocycles. The highest BCUT2D eigenvalue weighted by molar-refractivity contribution is 7.86. The van der Waals surface area contributed by atoms with Crippen molar-refractivity contribution in [1.82, 2.24) is 15.0 Å². The summed E-state index contributed by atoms with van der Waals surface area (Å²) in [5.41, 5.74) is 4.56. The molecular weight excluding hydrogens is 498 g/mol. The zero-order chi connectivity index (χ0) is 26.5. The second kappa shape index (κ2) is 11.4. The van der Waals surface area contributed by atoms with Crippen LogP contribution >= 0.6 is 0 Å². The minimum Gasteiger partial charge on any atom is -0.357 e. The number of rotatable bonds is 9. The van der Waals surface area contributed by atoms with E-state index in [9.17, 15) is 8.42 Å². The number of hydrogen-bond donors (Lipinski definition) is 1. The van der Waals surface area contributed by atoms with Crippen LogP contribution in [0.2, 0.25) is 0 Å². The summed E-state index contributed by atoms with van der Waals surface area (Å²) in [6, 6.07) is 17.2. The van der Waals surface area contributed by atoms with Crippen LogP contribution in [0.4, 0.5) is 17.3 Å². The first kappa shape index (κ1) is 26.1. The van der Waals surface area contributed by atoms with Gasteiger partial charge in [-0.05, 0) is 87.4 Å². The molecule has 9 heteroatoms. The minimum atomic E-state index is -3.72. The lowest BCUT2D eigenvalue weighted by atomic mass is 9.90. The highest BCUT2D eigenvalue weighted by Crippen LogP contribution is 2.29. The Hall–Kier alpha value is -3.56. The molecule has 1 N–H and O–H groups in total. The molecule has 1 aliphatic heterocycles. The summed E-state index contributed by atoms with van der Waals surface area (Å²) >= 11 is 0. The fraction of sp³-hybridized carbons (Fsp3) is 0.345. The van der Waals surface area contributed by atoms with Gasteiger partial charge in [0.2, 0.25) is 0 Å². The smallest absolute Gasteiger partial charge is 0.297 e. The number of pyridine rings is 3. The molecule has 0 aliphatic carbocycles. The van der Waals surface area contributed by atoms with E-state index in [0.29, 0.717) is 10.8 Å². The average Bonchev–Trinajstić information content (AvgIpc) is 2.92. The van der Waals surface area contributed by atoms with Crippen LogP contribution in [-0.4, -0.2) is 43.1 Å². The van der Waals surface area contributed by atoms with Gasteiger partial charge in [0.1, 0.15) is 11.6 Å². The second-order valence-corrected chi connectivity index (χ2v) is 11.3. The largest absolute Gasteiger partial charge is 0.357 e. The number of aryl methyl sites for hydroxylation is 2. The van der Waals surface area contributed by atoms with Crippen LogP contribution in [0.3, 0.4) is 0 Å². The molecular formula is C29H33N5O3S. The lowest BCUT2D eigenvalue weighted by Crippen LogP contribution is -2.34. The molecule has 4 aromatic rings. The highest BCUT2D eigenvalue weighted by atomic mass is 32.2. The summed E-state index contributed by atoms with van der Waals surface area (Å²) in [5.74, 6) is 2.24. The van der Waals surface area contributed by atoms with Gasteiger partial charge in [-0.2, -0.15) is 8.42 Å². The van der Waals surface area contributed by atoms with E-state index >= 15 is 0 Å². The van der Waals surface area contributed by atoms with Gasteiger partial charge in [0.25, 0.3) is 10.1 Å². The predicted octanol–water partition coefficient (Wildman–Crippen LogP) is 5.65. The molecule has 0 spiro atoms. The number of hydrogen-bond acceptors (Lipinski definition) is 8. The molecule has 0 atom stereocenters. The number of aromatic nitrogens is 3. The lowest BCUT2D eigenvalue weighted by Gasteiger charge is -2.33. The van der Waals surface area contributed by atoms with Crippen molar-refractivity contribution in [2.24, 2.45) is 5.92 Å². The highest BCUT2D eigenvalue weighted by Gasteiger charge is 2.23. The van der Waals surface area contributed by atoms with E-state index in [2.05, 4.69) is 31.2 Å². The Morgan fingerprint density at radius 3 is 2.66 bits per heavy atom. The van der Waals surface area contributed by atoms with E-state index in [-0.39, 0.29) is 6.61 Å². The first-order chi connectivity index (χ1) is 18.4. The van der Waals surface area contributed by atoms with Crippen molar-refractivity contribution in [3.05, 3.63) is 78.1 Å². The number of anilines is 3. The van der Waals surface area contributed by atoms with Gasteiger partial charge < -0.3 is 10.2 Å². The van der Waals surface area contributed by atoms with Crippen LogP contribution in [0, 0.1) is 12.8 Å². The number of nitrogens with zero attached hydrogens (tertiary/aromatic N) is 4. The van der Waals surface area contributed by atoms with E-state index in [0.717, 1.165) is 78.3 Å². The van der Waals surface area contributed by atoms with Crippen LogP contribution in [0.5, 0.6) is 0 Å². The molecule has 0 radical (unpaired) electrons. The summed E-state index contributed by atoms with van der Waals surface area (Å²) < 4.78 is 30.2. The maximum absolute atomic E-state index is 12.6. The Kier molecular flexibility index (Phi) is 7.85. The molecule has 1 saturated heterocycles. The third-order valence-electron chi connectivity index (χ3n) is 6.99. The Morgan fingerprint density at radius 1 is 1.00 bits per heavy atom. The average molecular weight is 532 g/mol. The molecule has 38 heavy (non-hydrogen) atoms. The topological polar surface area (TPSA) is 97.3 Å². The van der Waals surface area contributed by atoms with Crippen molar-refractivity contribution >= 4 is 38.5 Å². The van der Waals surface area contributed by atoms with Gasteiger partial charge in [0, 0.05) is 37.2 Å². The monoisotopic (exact) mass is 531 g/mol. The zero-order valence-corrected chi connectivity index (χ0v) is 22.6. The Balaban J connectivity index is 1.19. The molecule has 1 aromatic carbocycles. The van der Waals surface area contributed by atoms with E-state index in [1.165, 1.54) is 0 Å². The number of piperidine rings is 1. The molecule has 0 bridgehead atoms. The van der Waals surface area contributed by atoms with Crippen LogP contribution < -0.4 is 10.2 Å². The van der Waals surface area contributed by atoms with Gasteiger partial charge >= 0.3 is 0 Å². The van der Waals surface area contributed by atoms with E-state index in [1.54, 1.807) is 19.2 Å². The van der Waals surface area contributed by atoms with Crippen molar-refractivity contribution < 1.29 is 12.6 Å². The van der Waals surface area contributed by atoms with Crippen LogP contribution in [0.25, 0.3) is 11.0 Å². The van der Waals surface area contributed by atoms with Crippen LogP contribution in [0.15, 0.2) is 71.9 Å². The Bertz CT molecular complexity index is 1520. The molecule has 0 amide bonds. The van der Waals surface area contributed by atoms with Gasteiger partial charge in [0.05, 0.1) is 22.5 Å². The Labute approximate surface area is 224 Å². The maximum Gasteiger partial charge on any atom is 0.297 e. The first-order valence-corrected chi connectivity index (χ1v) is 14.5. The van der Waals surface area contributed by atoms with E-state index in [1.807, 2.05) is 55.6 Å². The summed E-state index contributed by atoms with van der Waals surface area (Å²) in [6.45, 7) is 5.65. The Morgan fingerprint density at radius 2 is 1.84 bits per heavy atom. The normalized spacial score (nSPS) is 14.6. The second-order valence-electron chi connectivity index (χ2n) is 9.71. The summed E-state index contributed by atoms with van der Waals surface area (Å²) in [4.78, 5) is 16.2. The van der Waals surface area contributed by atoms with Gasteiger partial charge in [0.15, 0.2) is 0 Å². The predicted molar refractivity (Wildman–Crippen MR) is 150 cm³/mol. The van der Waals surface area contributed by atoms with Crippen LogP contribution in [0.1, 0.15) is 37.3 Å². The summed E-state index contributed by atoms with van der Waals surface area (Å²) in [7, 11) is -3.72. The number of nitrogens with one attached hydrogen (secondary N) is 1. The molecule has 1 aliphatic rings.